The molecule has 2 rings (SSSR count). The van der Waals surface area contributed by atoms with E-state index in [9.17, 15) is 14.7 Å². The summed E-state index contributed by atoms with van der Waals surface area (Å²) in [6.07, 6.45) is 2.13. The SMILES string of the molecule is O=C1C(=C[O-])C(=O)N2CCCCN12.[Na+]. The molecule has 6 heteroatoms. The minimum atomic E-state index is -0.445. The number of amides is 2. The smallest absolute Gasteiger partial charge is 0.877 e. The zero-order valence-electron chi connectivity index (χ0n) is 8.02. The van der Waals surface area contributed by atoms with Gasteiger partial charge in [0.1, 0.15) is 0 Å². The number of carbonyl (C=O) groups is 2. The van der Waals surface area contributed by atoms with Gasteiger partial charge in [-0.05, 0) is 12.8 Å². The molecule has 0 aliphatic carbocycles. The van der Waals surface area contributed by atoms with Crippen LogP contribution in [0, 0.1) is 0 Å². The van der Waals surface area contributed by atoms with Gasteiger partial charge in [0.25, 0.3) is 11.8 Å². The molecule has 0 atom stereocenters. The fourth-order valence-corrected chi connectivity index (χ4v) is 1.66. The molecule has 0 N–H and O–H groups in total. The minimum absolute atomic E-state index is 0. The topological polar surface area (TPSA) is 63.7 Å². The molecular formula is C8H9N2NaO3. The van der Waals surface area contributed by atoms with Gasteiger partial charge < -0.3 is 5.11 Å². The molecule has 0 radical (unpaired) electrons. The van der Waals surface area contributed by atoms with Crippen LogP contribution in [-0.2, 0) is 9.59 Å². The Bertz CT molecular complexity index is 277. The molecule has 5 nitrogen and oxygen atoms in total. The van der Waals surface area contributed by atoms with Crippen LogP contribution in [0.2, 0.25) is 0 Å². The molecular weight excluding hydrogens is 195 g/mol. The van der Waals surface area contributed by atoms with Gasteiger partial charge >= 0.3 is 29.6 Å². The zero-order valence-corrected chi connectivity index (χ0v) is 10.0. The van der Waals surface area contributed by atoms with Gasteiger partial charge in [0.2, 0.25) is 0 Å². The fourth-order valence-electron chi connectivity index (χ4n) is 1.66. The Kier molecular flexibility index (Phi) is 3.58. The second kappa shape index (κ2) is 4.33. The van der Waals surface area contributed by atoms with Crippen molar-refractivity contribution in [3.05, 3.63) is 11.8 Å². The summed E-state index contributed by atoms with van der Waals surface area (Å²) >= 11 is 0. The molecule has 2 aliphatic heterocycles. The summed E-state index contributed by atoms with van der Waals surface area (Å²) in [5, 5.41) is 13.2. The first-order chi connectivity index (χ1) is 6.25. The van der Waals surface area contributed by atoms with Crippen LogP contribution in [0.15, 0.2) is 11.8 Å². The molecule has 0 aromatic heterocycles. The Labute approximate surface area is 104 Å². The van der Waals surface area contributed by atoms with E-state index < -0.39 is 11.8 Å². The first-order valence-electron chi connectivity index (χ1n) is 4.21. The van der Waals surface area contributed by atoms with Crippen molar-refractivity contribution in [3.63, 3.8) is 0 Å². The number of hydrogen-bond acceptors (Lipinski definition) is 3. The summed E-state index contributed by atoms with van der Waals surface area (Å²) in [5.41, 5.74) is -0.234. The van der Waals surface area contributed by atoms with Gasteiger partial charge in [-0.15, -0.1) is 6.26 Å². The summed E-state index contributed by atoms with van der Waals surface area (Å²) in [4.78, 5) is 22.8. The maximum Gasteiger partial charge on any atom is 1.00 e. The van der Waals surface area contributed by atoms with Crippen LogP contribution in [0.4, 0.5) is 0 Å². The number of hydrazine groups is 1. The molecule has 2 heterocycles. The largest absolute Gasteiger partial charge is 1.00 e. The zero-order chi connectivity index (χ0) is 9.42. The van der Waals surface area contributed by atoms with Crippen LogP contribution < -0.4 is 34.7 Å². The predicted octanol–water partition coefficient (Wildman–Crippen LogP) is -4.39. The molecule has 2 fully saturated rings. The molecule has 2 aliphatic rings. The Balaban J connectivity index is 0.000000980. The molecule has 0 spiro atoms. The van der Waals surface area contributed by atoms with Gasteiger partial charge in [0.15, 0.2) is 0 Å². The third-order valence-corrected chi connectivity index (χ3v) is 2.33. The molecule has 0 unspecified atom stereocenters. The number of hydrogen-bond donors (Lipinski definition) is 0. The summed E-state index contributed by atoms with van der Waals surface area (Å²) in [7, 11) is 0. The number of nitrogens with zero attached hydrogens (tertiary/aromatic N) is 2. The molecule has 0 aromatic carbocycles. The van der Waals surface area contributed by atoms with E-state index in [4.69, 9.17) is 0 Å². The molecule has 0 saturated carbocycles. The van der Waals surface area contributed by atoms with Gasteiger partial charge in [-0.3, -0.25) is 9.59 Å². The maximum atomic E-state index is 11.4. The third-order valence-electron chi connectivity index (χ3n) is 2.33. The van der Waals surface area contributed by atoms with Crippen LogP contribution in [0.25, 0.3) is 0 Å². The molecule has 2 saturated heterocycles. The van der Waals surface area contributed by atoms with Crippen LogP contribution in [0.5, 0.6) is 0 Å². The Morgan fingerprint density at radius 3 is 1.86 bits per heavy atom. The third kappa shape index (κ3) is 1.55. The molecule has 0 aromatic rings. The van der Waals surface area contributed by atoms with E-state index >= 15 is 0 Å². The van der Waals surface area contributed by atoms with Crippen LogP contribution >= 0.6 is 0 Å². The van der Waals surface area contributed by atoms with E-state index in [1.807, 2.05) is 0 Å². The predicted molar refractivity (Wildman–Crippen MR) is 40.7 cm³/mol. The normalized spacial score (nSPS) is 20.7. The van der Waals surface area contributed by atoms with Gasteiger partial charge in [-0.2, -0.15) is 0 Å². The standard InChI is InChI=1S/C8H10N2O3.Na/c11-5-6-7(12)9-3-1-2-4-10(9)8(6)13;/h5,11H,1-4H2;/q;+1/p-1. The molecule has 0 bridgehead atoms. The average Bonchev–Trinajstić information content (AvgIpc) is 2.41. The van der Waals surface area contributed by atoms with Crippen molar-refractivity contribution in [2.45, 2.75) is 12.8 Å². The van der Waals surface area contributed by atoms with E-state index in [2.05, 4.69) is 0 Å². The van der Waals surface area contributed by atoms with Crippen molar-refractivity contribution < 1.29 is 44.3 Å². The number of carbonyl (C=O) groups excluding carboxylic acids is 2. The summed E-state index contributed by atoms with van der Waals surface area (Å²) < 4.78 is 0. The summed E-state index contributed by atoms with van der Waals surface area (Å²) in [6, 6.07) is 0. The average molecular weight is 204 g/mol. The second-order valence-electron chi connectivity index (χ2n) is 3.10. The van der Waals surface area contributed by atoms with E-state index in [0.717, 1.165) is 12.8 Å². The van der Waals surface area contributed by atoms with E-state index in [-0.39, 0.29) is 35.1 Å². The van der Waals surface area contributed by atoms with Crippen molar-refractivity contribution in [1.82, 2.24) is 10.0 Å². The Morgan fingerprint density at radius 2 is 1.50 bits per heavy atom. The van der Waals surface area contributed by atoms with Crippen LogP contribution in [0.1, 0.15) is 12.8 Å². The fraction of sp³-hybridized carbons (Fsp3) is 0.500. The maximum absolute atomic E-state index is 11.4. The Morgan fingerprint density at radius 1 is 1.07 bits per heavy atom. The molecule has 70 valence electrons. The van der Waals surface area contributed by atoms with Crippen molar-refractivity contribution in [2.24, 2.45) is 0 Å². The van der Waals surface area contributed by atoms with Gasteiger partial charge in [0.05, 0.1) is 5.57 Å². The minimum Gasteiger partial charge on any atom is -0.877 e. The first kappa shape index (κ1) is 11.6. The quantitative estimate of drug-likeness (QED) is 0.173. The summed E-state index contributed by atoms with van der Waals surface area (Å²) in [6.45, 7) is 1.09. The number of rotatable bonds is 0. The number of fused-ring (bicyclic) bond motifs is 1. The van der Waals surface area contributed by atoms with E-state index in [1.165, 1.54) is 10.0 Å². The van der Waals surface area contributed by atoms with Gasteiger partial charge in [-0.1, -0.05) is 0 Å². The second-order valence-corrected chi connectivity index (χ2v) is 3.10. The van der Waals surface area contributed by atoms with Crippen LogP contribution in [-0.4, -0.2) is 34.9 Å². The Hall–Kier alpha value is -0.520. The van der Waals surface area contributed by atoms with E-state index in [1.54, 1.807) is 0 Å². The van der Waals surface area contributed by atoms with E-state index in [0.29, 0.717) is 19.4 Å². The van der Waals surface area contributed by atoms with Crippen molar-refractivity contribution in [1.29, 1.82) is 0 Å². The first-order valence-corrected chi connectivity index (χ1v) is 4.21. The molecule has 2 amide bonds. The molecule has 14 heavy (non-hydrogen) atoms. The van der Waals surface area contributed by atoms with Crippen molar-refractivity contribution in [3.8, 4) is 0 Å². The summed E-state index contributed by atoms with van der Waals surface area (Å²) in [5.74, 6) is -0.889. The van der Waals surface area contributed by atoms with Crippen LogP contribution in [0.3, 0.4) is 0 Å². The van der Waals surface area contributed by atoms with Gasteiger partial charge in [-0.25, -0.2) is 10.0 Å². The van der Waals surface area contributed by atoms with Gasteiger partial charge in [0, 0.05) is 13.1 Å². The van der Waals surface area contributed by atoms with Crippen molar-refractivity contribution >= 4 is 11.8 Å². The van der Waals surface area contributed by atoms with Crippen molar-refractivity contribution in [2.75, 3.05) is 13.1 Å². The monoisotopic (exact) mass is 204 g/mol.